The summed E-state index contributed by atoms with van der Waals surface area (Å²) < 4.78 is 16.3. The van der Waals surface area contributed by atoms with Gasteiger partial charge in [-0.25, -0.2) is 0 Å². The van der Waals surface area contributed by atoms with E-state index in [1.807, 2.05) is 0 Å². The van der Waals surface area contributed by atoms with E-state index in [4.69, 9.17) is 14.2 Å². The Labute approximate surface area is 178 Å². The van der Waals surface area contributed by atoms with Crippen molar-refractivity contribution < 1.29 is 38.8 Å². The van der Waals surface area contributed by atoms with Crippen molar-refractivity contribution in [3.05, 3.63) is 51.6 Å². The van der Waals surface area contributed by atoms with Gasteiger partial charge >= 0.3 is 0 Å². The van der Waals surface area contributed by atoms with Gasteiger partial charge in [-0.1, -0.05) is 12.1 Å². The highest BCUT2D eigenvalue weighted by atomic mass is 16.5. The zero-order valence-corrected chi connectivity index (χ0v) is 17.4. The molecule has 2 N–H and O–H groups in total. The van der Waals surface area contributed by atoms with Crippen LogP contribution in [0.4, 0.5) is 0 Å². The number of rotatable bonds is 5. The zero-order valence-electron chi connectivity index (χ0n) is 17.4. The first-order valence-electron chi connectivity index (χ1n) is 9.75. The van der Waals surface area contributed by atoms with E-state index in [-0.39, 0.29) is 58.8 Å². The number of aromatic hydroxyl groups is 1. The Bertz CT molecular complexity index is 1130. The van der Waals surface area contributed by atoms with Crippen molar-refractivity contribution in [3.8, 4) is 17.2 Å². The van der Waals surface area contributed by atoms with Crippen molar-refractivity contribution in [2.45, 2.75) is 24.9 Å². The lowest BCUT2D eigenvalue weighted by Crippen LogP contribution is -2.47. The molecule has 2 aliphatic rings. The molecule has 31 heavy (non-hydrogen) atoms. The summed E-state index contributed by atoms with van der Waals surface area (Å²) in [7, 11) is 4.14. The van der Waals surface area contributed by atoms with Gasteiger partial charge < -0.3 is 24.4 Å². The molecule has 0 aliphatic heterocycles. The molecule has 2 aromatic rings. The molecule has 2 aromatic carbocycles. The highest BCUT2D eigenvalue weighted by Gasteiger charge is 2.46. The summed E-state index contributed by atoms with van der Waals surface area (Å²) in [6.45, 7) is -0.701. The van der Waals surface area contributed by atoms with Gasteiger partial charge in [0.2, 0.25) is 5.78 Å². The maximum Gasteiger partial charge on any atom is 0.202 e. The molecule has 162 valence electrons. The van der Waals surface area contributed by atoms with Gasteiger partial charge in [0.1, 0.15) is 29.5 Å². The van der Waals surface area contributed by atoms with Crippen LogP contribution in [0, 0.1) is 0 Å². The lowest BCUT2D eigenvalue weighted by Gasteiger charge is -2.37. The molecule has 0 spiro atoms. The maximum atomic E-state index is 13.4. The highest BCUT2D eigenvalue weighted by Crippen LogP contribution is 2.49. The molecular formula is C23H22O8. The van der Waals surface area contributed by atoms with E-state index < -0.39 is 29.6 Å². The average Bonchev–Trinajstić information content (AvgIpc) is 2.80. The van der Waals surface area contributed by atoms with Gasteiger partial charge in [-0.3, -0.25) is 14.4 Å². The second-order valence-electron chi connectivity index (χ2n) is 7.59. The Kier molecular flexibility index (Phi) is 5.07. The normalized spacial score (nSPS) is 19.4. The summed E-state index contributed by atoms with van der Waals surface area (Å²) in [5.41, 5.74) is -0.399. The lowest BCUT2D eigenvalue weighted by molar-refractivity contribution is -0.145. The molecule has 0 heterocycles. The van der Waals surface area contributed by atoms with Crippen LogP contribution in [-0.2, 0) is 22.4 Å². The summed E-state index contributed by atoms with van der Waals surface area (Å²) in [5, 5.41) is 20.5. The van der Waals surface area contributed by atoms with Crippen molar-refractivity contribution >= 4 is 17.3 Å². The van der Waals surface area contributed by atoms with Gasteiger partial charge in [-0.15, -0.1) is 0 Å². The van der Waals surface area contributed by atoms with Crippen LogP contribution in [0.3, 0.4) is 0 Å². The van der Waals surface area contributed by atoms with Crippen molar-refractivity contribution in [2.75, 3.05) is 27.9 Å². The van der Waals surface area contributed by atoms with Crippen LogP contribution < -0.4 is 9.47 Å². The van der Waals surface area contributed by atoms with E-state index in [0.717, 1.165) is 0 Å². The van der Waals surface area contributed by atoms with Crippen LogP contribution in [0.15, 0.2) is 18.2 Å². The number of methoxy groups -OCH3 is 3. The third-order valence-electron chi connectivity index (χ3n) is 6.30. The van der Waals surface area contributed by atoms with Gasteiger partial charge in [0.15, 0.2) is 11.6 Å². The van der Waals surface area contributed by atoms with E-state index in [2.05, 4.69) is 0 Å². The summed E-state index contributed by atoms with van der Waals surface area (Å²) in [4.78, 5) is 39.3. The molecular weight excluding hydrogens is 404 g/mol. The number of carbonyl (C=O) groups excluding carboxylic acids is 3. The van der Waals surface area contributed by atoms with Crippen molar-refractivity contribution in [3.63, 3.8) is 0 Å². The van der Waals surface area contributed by atoms with Crippen molar-refractivity contribution in [1.82, 2.24) is 0 Å². The van der Waals surface area contributed by atoms with E-state index >= 15 is 0 Å². The number of Topliss-reactive ketones (excluding diaryl/α,β-unsaturated/α-hetero) is 1. The molecule has 0 fully saturated rings. The number of benzene rings is 2. The van der Waals surface area contributed by atoms with Crippen LogP contribution >= 0.6 is 0 Å². The number of phenolic OH excluding ortho intramolecular Hbond substituents is 1. The topological polar surface area (TPSA) is 119 Å². The Morgan fingerprint density at radius 3 is 2.39 bits per heavy atom. The van der Waals surface area contributed by atoms with Crippen LogP contribution in [0.1, 0.15) is 49.4 Å². The minimum Gasteiger partial charge on any atom is -0.507 e. The predicted octanol–water partition coefficient (Wildman–Crippen LogP) is 1.62. The monoisotopic (exact) mass is 426 g/mol. The van der Waals surface area contributed by atoms with Crippen LogP contribution in [0.5, 0.6) is 17.2 Å². The predicted molar refractivity (Wildman–Crippen MR) is 108 cm³/mol. The summed E-state index contributed by atoms with van der Waals surface area (Å²) >= 11 is 0. The molecule has 0 saturated carbocycles. The van der Waals surface area contributed by atoms with Gasteiger partial charge in [0, 0.05) is 30.2 Å². The fourth-order valence-electron chi connectivity index (χ4n) is 4.69. The summed E-state index contributed by atoms with van der Waals surface area (Å²) in [5.74, 6) is -1.46. The minimum absolute atomic E-state index is 0.00528. The Morgan fingerprint density at radius 2 is 1.77 bits per heavy atom. The molecule has 0 amide bonds. The number of hydrogen-bond donors (Lipinski definition) is 2. The fourth-order valence-corrected chi connectivity index (χ4v) is 4.69. The second kappa shape index (κ2) is 7.47. The summed E-state index contributed by atoms with van der Waals surface area (Å²) in [6.07, 6.45) is 0.396. The average molecular weight is 426 g/mol. The van der Waals surface area contributed by atoms with Gasteiger partial charge in [0.05, 0.1) is 30.9 Å². The van der Waals surface area contributed by atoms with E-state index in [1.54, 1.807) is 12.1 Å². The van der Waals surface area contributed by atoms with Crippen molar-refractivity contribution in [1.29, 1.82) is 0 Å². The molecule has 8 nitrogen and oxygen atoms in total. The number of fused-ring (bicyclic) bond motifs is 3. The molecule has 2 aliphatic carbocycles. The number of ether oxygens (including phenoxy) is 3. The Hall–Kier alpha value is -3.23. The molecule has 1 atom stereocenters. The minimum atomic E-state index is -1.31. The van der Waals surface area contributed by atoms with Crippen LogP contribution in [0.25, 0.3) is 0 Å². The fraction of sp³-hybridized carbons (Fsp3) is 0.348. The zero-order chi connectivity index (χ0) is 22.5. The quantitative estimate of drug-likeness (QED) is 0.632. The SMILES string of the molecule is COc1cccc2c1C(=O)c1c(O)c3c(c(OC)c1C2=O)C[C@@](OC)(C(=O)CO)CC3. The summed E-state index contributed by atoms with van der Waals surface area (Å²) in [6, 6.07) is 4.70. The van der Waals surface area contributed by atoms with Crippen LogP contribution in [0.2, 0.25) is 0 Å². The third kappa shape index (κ3) is 2.79. The van der Waals surface area contributed by atoms with E-state index in [0.29, 0.717) is 11.1 Å². The first-order chi connectivity index (χ1) is 14.8. The number of carbonyl (C=O) groups is 3. The first-order valence-corrected chi connectivity index (χ1v) is 9.75. The smallest absolute Gasteiger partial charge is 0.202 e. The molecule has 0 unspecified atom stereocenters. The number of aliphatic hydroxyl groups is 1. The first kappa shape index (κ1) is 21.0. The van der Waals surface area contributed by atoms with Crippen LogP contribution in [-0.4, -0.2) is 61.1 Å². The molecule has 8 heteroatoms. The largest absolute Gasteiger partial charge is 0.507 e. The molecule has 4 rings (SSSR count). The Balaban J connectivity index is 2.00. The van der Waals surface area contributed by atoms with E-state index in [9.17, 15) is 24.6 Å². The number of phenols is 1. The van der Waals surface area contributed by atoms with Gasteiger partial charge in [0.25, 0.3) is 0 Å². The molecule has 0 radical (unpaired) electrons. The lowest BCUT2D eigenvalue weighted by atomic mass is 9.73. The number of aliphatic hydroxyl groups excluding tert-OH is 1. The third-order valence-corrected chi connectivity index (χ3v) is 6.30. The van der Waals surface area contributed by atoms with Crippen molar-refractivity contribution in [2.24, 2.45) is 0 Å². The van der Waals surface area contributed by atoms with E-state index in [1.165, 1.54) is 27.4 Å². The standard InChI is InChI=1S/C23H22O8/c1-29-14-6-4-5-12-16(14)21(28)17-18(20(12)27)22(30-2)13-9-23(31-3,15(25)10-24)8-7-11(13)19(17)26/h4-6,24,26H,7-10H2,1-3H3/t23-/m1/s1. The number of hydrogen-bond acceptors (Lipinski definition) is 8. The highest BCUT2D eigenvalue weighted by molar-refractivity contribution is 6.31. The molecule has 0 bridgehead atoms. The molecule has 0 aromatic heterocycles. The maximum absolute atomic E-state index is 13.4. The van der Waals surface area contributed by atoms with Gasteiger partial charge in [-0.05, 0) is 18.9 Å². The second-order valence-corrected chi connectivity index (χ2v) is 7.59. The number of ketones is 3. The molecule has 0 saturated heterocycles. The Morgan fingerprint density at radius 1 is 1.03 bits per heavy atom. The van der Waals surface area contributed by atoms with Gasteiger partial charge in [-0.2, -0.15) is 0 Å².